The van der Waals surface area contributed by atoms with Crippen LogP contribution in [0, 0.1) is 0 Å². The largest absolute Gasteiger partial charge is 0.379 e. The van der Waals surface area contributed by atoms with Crippen molar-refractivity contribution < 1.29 is 13.0 Å². The summed E-state index contributed by atoms with van der Waals surface area (Å²) in [6, 6.07) is 2.41. The van der Waals surface area contributed by atoms with Crippen molar-refractivity contribution in [3.05, 3.63) is 37.7 Å². The molecule has 5 nitrogen and oxygen atoms in total. The molecule has 0 spiro atoms. The van der Waals surface area contributed by atoms with E-state index in [9.17, 15) is 8.42 Å². The molecule has 0 radical (unpaired) electrons. The molecule has 2 N–H and O–H groups in total. The van der Waals surface area contributed by atoms with Gasteiger partial charge in [0.05, 0.1) is 22.3 Å². The number of halogens is 3. The Morgan fingerprint density at radius 3 is 2.50 bits per heavy atom. The predicted molar refractivity (Wildman–Crippen MR) is 80.7 cm³/mol. The van der Waals surface area contributed by atoms with Gasteiger partial charge in [-0.2, -0.15) is 8.42 Å². The van der Waals surface area contributed by atoms with E-state index in [1.54, 1.807) is 6.20 Å². The fourth-order valence-corrected chi connectivity index (χ4v) is 3.65. The molecule has 0 unspecified atom stereocenters. The Labute approximate surface area is 134 Å². The molecule has 0 amide bonds. The summed E-state index contributed by atoms with van der Waals surface area (Å²) in [7, 11) is -4.41. The first-order chi connectivity index (χ1) is 9.27. The number of nitrogens with zero attached hydrogens (tertiary/aromatic N) is 1. The van der Waals surface area contributed by atoms with Gasteiger partial charge in [0, 0.05) is 11.1 Å². The van der Waals surface area contributed by atoms with Gasteiger partial charge in [-0.05, 0) is 12.1 Å². The Balaban J connectivity index is 2.23. The SMILES string of the molecule is O=S(=O)(O)c1cc(Cl)c(NCc2cnc(Cl)s2)cc1Cl. The Morgan fingerprint density at radius 2 is 1.95 bits per heavy atom. The summed E-state index contributed by atoms with van der Waals surface area (Å²) in [6.07, 6.45) is 1.61. The van der Waals surface area contributed by atoms with Gasteiger partial charge in [0.25, 0.3) is 10.1 Å². The number of hydrogen-bond acceptors (Lipinski definition) is 5. The summed E-state index contributed by atoms with van der Waals surface area (Å²) in [5.74, 6) is 0. The highest BCUT2D eigenvalue weighted by molar-refractivity contribution is 7.86. The maximum atomic E-state index is 11.1. The first-order valence-corrected chi connectivity index (χ1v) is 8.47. The normalized spacial score (nSPS) is 11.6. The number of aromatic nitrogens is 1. The molecule has 2 rings (SSSR count). The molecule has 0 fully saturated rings. The lowest BCUT2D eigenvalue weighted by Crippen LogP contribution is -2.02. The van der Waals surface area contributed by atoms with Crippen LogP contribution in [-0.2, 0) is 16.7 Å². The van der Waals surface area contributed by atoms with Gasteiger partial charge >= 0.3 is 0 Å². The summed E-state index contributed by atoms with van der Waals surface area (Å²) >= 11 is 18.8. The van der Waals surface area contributed by atoms with E-state index < -0.39 is 15.0 Å². The maximum Gasteiger partial charge on any atom is 0.296 e. The van der Waals surface area contributed by atoms with Crippen LogP contribution in [0.5, 0.6) is 0 Å². The van der Waals surface area contributed by atoms with Gasteiger partial charge < -0.3 is 5.32 Å². The zero-order valence-corrected chi connectivity index (χ0v) is 13.5. The predicted octanol–water partition coefficient (Wildman–Crippen LogP) is 3.96. The number of anilines is 1. The van der Waals surface area contributed by atoms with Crippen LogP contribution in [0.15, 0.2) is 23.2 Å². The van der Waals surface area contributed by atoms with Crippen molar-refractivity contribution in [1.29, 1.82) is 0 Å². The molecule has 2 aromatic rings. The second kappa shape index (κ2) is 6.05. The molecular weight excluding hydrogens is 367 g/mol. The van der Waals surface area contributed by atoms with Crippen LogP contribution in [0.4, 0.5) is 5.69 Å². The van der Waals surface area contributed by atoms with E-state index >= 15 is 0 Å². The molecule has 0 saturated carbocycles. The Bertz CT molecular complexity index is 746. The fourth-order valence-electron chi connectivity index (χ4n) is 1.41. The van der Waals surface area contributed by atoms with E-state index in [-0.39, 0.29) is 10.0 Å². The van der Waals surface area contributed by atoms with E-state index in [1.165, 1.54) is 17.4 Å². The Hall–Kier alpha value is -0.570. The van der Waals surface area contributed by atoms with Crippen LogP contribution in [0.3, 0.4) is 0 Å². The van der Waals surface area contributed by atoms with Crippen LogP contribution in [-0.4, -0.2) is 18.0 Å². The van der Waals surface area contributed by atoms with Crippen molar-refractivity contribution in [2.75, 3.05) is 5.32 Å². The highest BCUT2D eigenvalue weighted by atomic mass is 35.5. The summed E-state index contributed by atoms with van der Waals surface area (Å²) in [4.78, 5) is 4.33. The van der Waals surface area contributed by atoms with E-state index in [2.05, 4.69) is 10.3 Å². The van der Waals surface area contributed by atoms with Crippen molar-refractivity contribution in [2.45, 2.75) is 11.4 Å². The molecule has 0 aliphatic carbocycles. The number of thiazole rings is 1. The molecule has 0 saturated heterocycles. The van der Waals surface area contributed by atoms with E-state index in [1.807, 2.05) is 0 Å². The Morgan fingerprint density at radius 1 is 1.25 bits per heavy atom. The van der Waals surface area contributed by atoms with Crippen LogP contribution >= 0.6 is 46.1 Å². The topological polar surface area (TPSA) is 79.3 Å². The molecule has 1 aromatic heterocycles. The number of rotatable bonds is 4. The Kier molecular flexibility index (Phi) is 4.78. The summed E-state index contributed by atoms with van der Waals surface area (Å²) in [6.45, 7) is 0.408. The molecular formula is C10H7Cl3N2O3S2. The van der Waals surface area contributed by atoms with Crippen molar-refractivity contribution in [2.24, 2.45) is 0 Å². The van der Waals surface area contributed by atoms with Gasteiger partial charge in [-0.1, -0.05) is 34.8 Å². The third-order valence-electron chi connectivity index (χ3n) is 2.28. The van der Waals surface area contributed by atoms with Crippen LogP contribution in [0.25, 0.3) is 0 Å². The van der Waals surface area contributed by atoms with Gasteiger partial charge in [-0.3, -0.25) is 4.55 Å². The zero-order chi connectivity index (χ0) is 14.9. The third kappa shape index (κ3) is 3.75. The first-order valence-electron chi connectivity index (χ1n) is 5.08. The minimum Gasteiger partial charge on any atom is -0.379 e. The molecule has 0 atom stereocenters. The minimum atomic E-state index is -4.41. The standard InChI is InChI=1S/C10H7Cl3N2O3S2/c11-6-2-9(20(16,17)18)7(12)1-8(6)14-3-5-4-15-10(13)19-5/h1-2,4,14H,3H2,(H,16,17,18). The van der Waals surface area contributed by atoms with Crippen LogP contribution in [0.1, 0.15) is 4.88 Å². The highest BCUT2D eigenvalue weighted by Crippen LogP contribution is 2.32. The van der Waals surface area contributed by atoms with E-state index in [0.29, 0.717) is 16.7 Å². The smallest absolute Gasteiger partial charge is 0.296 e. The fraction of sp³-hybridized carbons (Fsp3) is 0.100. The third-order valence-corrected chi connectivity index (χ3v) is 5.02. The summed E-state index contributed by atoms with van der Waals surface area (Å²) < 4.78 is 31.5. The van der Waals surface area contributed by atoms with Gasteiger partial charge in [0.15, 0.2) is 4.47 Å². The summed E-state index contributed by atoms with van der Waals surface area (Å²) in [5.41, 5.74) is 0.439. The van der Waals surface area contributed by atoms with Gasteiger partial charge in [-0.25, -0.2) is 4.98 Å². The number of benzene rings is 1. The lowest BCUT2D eigenvalue weighted by Gasteiger charge is -2.09. The van der Waals surface area contributed by atoms with Crippen molar-refractivity contribution in [1.82, 2.24) is 4.98 Å². The molecule has 0 bridgehead atoms. The second-order valence-corrected chi connectivity index (χ2v) is 7.57. The van der Waals surface area contributed by atoms with Gasteiger partial charge in [0.2, 0.25) is 0 Å². The maximum absolute atomic E-state index is 11.1. The molecule has 0 aliphatic heterocycles. The van der Waals surface area contributed by atoms with Gasteiger partial charge in [0.1, 0.15) is 4.90 Å². The van der Waals surface area contributed by atoms with E-state index in [4.69, 9.17) is 39.4 Å². The molecule has 20 heavy (non-hydrogen) atoms. The molecule has 0 aliphatic rings. The van der Waals surface area contributed by atoms with Crippen molar-refractivity contribution in [3.8, 4) is 0 Å². The zero-order valence-electron chi connectivity index (χ0n) is 9.60. The highest BCUT2D eigenvalue weighted by Gasteiger charge is 2.17. The quantitative estimate of drug-likeness (QED) is 0.793. The lowest BCUT2D eigenvalue weighted by atomic mass is 10.3. The van der Waals surface area contributed by atoms with Crippen molar-refractivity contribution >= 4 is 61.9 Å². The molecule has 10 heteroatoms. The number of hydrogen-bond donors (Lipinski definition) is 2. The van der Waals surface area contributed by atoms with Crippen molar-refractivity contribution in [3.63, 3.8) is 0 Å². The average Bonchev–Trinajstić information content (AvgIpc) is 2.74. The number of nitrogens with one attached hydrogen (secondary N) is 1. The lowest BCUT2D eigenvalue weighted by molar-refractivity contribution is 0.483. The van der Waals surface area contributed by atoms with Gasteiger partial charge in [-0.15, -0.1) is 11.3 Å². The molecule has 108 valence electrons. The minimum absolute atomic E-state index is 0.123. The molecule has 1 heterocycles. The second-order valence-electron chi connectivity index (χ2n) is 3.67. The van der Waals surface area contributed by atoms with Crippen LogP contribution < -0.4 is 5.32 Å². The summed E-state index contributed by atoms with van der Waals surface area (Å²) in [5, 5.41) is 2.98. The monoisotopic (exact) mass is 372 g/mol. The van der Waals surface area contributed by atoms with Crippen LogP contribution in [0.2, 0.25) is 14.5 Å². The van der Waals surface area contributed by atoms with E-state index in [0.717, 1.165) is 10.9 Å². The first kappa shape index (κ1) is 15.8. The molecule has 1 aromatic carbocycles. The average molecular weight is 374 g/mol.